The van der Waals surface area contributed by atoms with Gasteiger partial charge in [0.2, 0.25) is 10.0 Å². The van der Waals surface area contributed by atoms with E-state index in [2.05, 4.69) is 0 Å². The molecule has 1 aliphatic carbocycles. The van der Waals surface area contributed by atoms with Crippen molar-refractivity contribution in [1.29, 1.82) is 0 Å². The average molecular weight is 485 g/mol. The molecule has 2 aromatic carbocycles. The Kier molecular flexibility index (Phi) is 7.83. The summed E-state index contributed by atoms with van der Waals surface area (Å²) in [5, 5.41) is 0. The smallest absolute Gasteiger partial charge is 0.308 e. The Labute approximate surface area is 202 Å². The molecule has 1 heterocycles. The number of hydrogen-bond acceptors (Lipinski definition) is 6. The highest BCUT2D eigenvalue weighted by molar-refractivity contribution is 7.89. The van der Waals surface area contributed by atoms with Crippen LogP contribution in [0.3, 0.4) is 0 Å². The van der Waals surface area contributed by atoms with E-state index in [0.29, 0.717) is 37.9 Å². The number of esters is 1. The molecule has 0 atom stereocenters. The molecular weight excluding hydrogens is 453 g/mol. The zero-order chi connectivity index (χ0) is 24.1. The lowest BCUT2D eigenvalue weighted by Crippen LogP contribution is -2.37. The maximum atomic E-state index is 13.8. The molecule has 0 amide bonds. The van der Waals surface area contributed by atoms with Gasteiger partial charge in [-0.1, -0.05) is 29.7 Å². The number of benzene rings is 2. The average Bonchev–Trinajstić information content (AvgIpc) is 2.84. The van der Waals surface area contributed by atoms with E-state index in [1.807, 2.05) is 39.0 Å². The molecular formula is C25H32BNO6S. The molecule has 0 saturated heterocycles. The predicted octanol–water partition coefficient (Wildman–Crippen LogP) is 2.28. The Hall–Kier alpha value is -2.52. The fraction of sp³-hybridized carbons (Fsp3) is 0.480. The molecule has 4 rings (SSSR count). The van der Waals surface area contributed by atoms with Crippen LogP contribution in [0.4, 0.5) is 0 Å². The summed E-state index contributed by atoms with van der Waals surface area (Å²) < 4.78 is 45.5. The lowest BCUT2D eigenvalue weighted by Gasteiger charge is -2.32. The number of ether oxygens (including phenoxy) is 3. The minimum absolute atomic E-state index is 0.0872. The molecule has 0 spiro atoms. The summed E-state index contributed by atoms with van der Waals surface area (Å²) in [4.78, 5) is 12.3. The van der Waals surface area contributed by atoms with Gasteiger partial charge in [0.25, 0.3) is 0 Å². The minimum atomic E-state index is -3.78. The first-order valence-electron chi connectivity index (χ1n) is 12.0. The highest BCUT2D eigenvalue weighted by Crippen LogP contribution is 2.35. The molecule has 1 aliphatic heterocycles. The fourth-order valence-electron chi connectivity index (χ4n) is 4.72. The van der Waals surface area contributed by atoms with Crippen molar-refractivity contribution >= 4 is 29.3 Å². The van der Waals surface area contributed by atoms with E-state index in [9.17, 15) is 13.2 Å². The lowest BCUT2D eigenvalue weighted by atomic mass is 9.82. The molecule has 2 aromatic rings. The fourth-order valence-corrected chi connectivity index (χ4v) is 6.24. The molecule has 0 bridgehead atoms. The van der Waals surface area contributed by atoms with Crippen LogP contribution in [-0.2, 0) is 26.1 Å². The summed E-state index contributed by atoms with van der Waals surface area (Å²) in [5.41, 5.74) is 2.03. The monoisotopic (exact) mass is 485 g/mol. The highest BCUT2D eigenvalue weighted by atomic mass is 32.2. The molecule has 0 N–H and O–H groups in total. The number of fused-ring (bicyclic) bond motifs is 1. The number of carbonyl (C=O) groups is 1. The van der Waals surface area contributed by atoms with Crippen LogP contribution in [0.1, 0.15) is 38.2 Å². The molecule has 34 heavy (non-hydrogen) atoms. The van der Waals surface area contributed by atoms with Crippen LogP contribution in [0.2, 0.25) is 0 Å². The molecule has 1 fully saturated rings. The summed E-state index contributed by atoms with van der Waals surface area (Å²) in [6.45, 7) is 3.74. The van der Waals surface area contributed by atoms with Gasteiger partial charge in [0, 0.05) is 19.2 Å². The molecule has 1 saturated carbocycles. The van der Waals surface area contributed by atoms with Gasteiger partial charge in [-0.15, -0.1) is 0 Å². The van der Waals surface area contributed by atoms with Crippen molar-refractivity contribution in [2.24, 2.45) is 11.8 Å². The number of nitrogens with zero attached hydrogens (tertiary/aromatic N) is 1. The summed E-state index contributed by atoms with van der Waals surface area (Å²) in [6.07, 6.45) is 3.05. The van der Waals surface area contributed by atoms with E-state index < -0.39 is 10.0 Å². The first-order valence-corrected chi connectivity index (χ1v) is 13.4. The zero-order valence-corrected chi connectivity index (χ0v) is 20.7. The maximum absolute atomic E-state index is 13.8. The van der Waals surface area contributed by atoms with E-state index in [1.54, 1.807) is 22.5 Å². The molecule has 0 radical (unpaired) electrons. The quantitative estimate of drug-likeness (QED) is 0.422. The number of hydrogen-bond donors (Lipinski definition) is 0. The van der Waals surface area contributed by atoms with Gasteiger partial charge in [-0.05, 0) is 56.2 Å². The lowest BCUT2D eigenvalue weighted by molar-refractivity contribution is -0.149. The number of carbonyl (C=O) groups excluding carboxylic acids is 1. The van der Waals surface area contributed by atoms with Crippen molar-refractivity contribution in [3.8, 4) is 11.5 Å². The molecule has 2 aliphatic rings. The topological polar surface area (TPSA) is 82.1 Å². The Morgan fingerprint density at radius 1 is 1.06 bits per heavy atom. The predicted molar refractivity (Wildman–Crippen MR) is 132 cm³/mol. The SMILES string of the molecule is Bc1cccc(CN(CC2CCC(C(=O)OCC)CC2)S(=O)(=O)c2ccc3c(c2)OCCO3)c1. The van der Waals surface area contributed by atoms with Gasteiger partial charge in [0.15, 0.2) is 11.5 Å². The third-order valence-electron chi connectivity index (χ3n) is 6.52. The van der Waals surface area contributed by atoms with Crippen molar-refractivity contribution in [2.45, 2.75) is 44.0 Å². The first-order chi connectivity index (χ1) is 16.4. The molecule has 7 nitrogen and oxygen atoms in total. The van der Waals surface area contributed by atoms with E-state index >= 15 is 0 Å². The van der Waals surface area contributed by atoms with Crippen LogP contribution in [0.25, 0.3) is 0 Å². The Balaban J connectivity index is 1.55. The summed E-state index contributed by atoms with van der Waals surface area (Å²) >= 11 is 0. The minimum Gasteiger partial charge on any atom is -0.486 e. The summed E-state index contributed by atoms with van der Waals surface area (Å²) in [6, 6.07) is 12.7. The maximum Gasteiger partial charge on any atom is 0.308 e. The first kappa shape index (κ1) is 24.6. The molecule has 0 unspecified atom stereocenters. The van der Waals surface area contributed by atoms with Crippen molar-refractivity contribution in [1.82, 2.24) is 4.31 Å². The Morgan fingerprint density at radius 2 is 1.79 bits per heavy atom. The number of sulfonamides is 1. The highest BCUT2D eigenvalue weighted by Gasteiger charge is 2.32. The molecule has 0 aromatic heterocycles. The van der Waals surface area contributed by atoms with E-state index in [-0.39, 0.29) is 29.2 Å². The normalized spacial score (nSPS) is 20.2. The Bertz CT molecular complexity index is 1110. The third kappa shape index (κ3) is 5.75. The summed E-state index contributed by atoms with van der Waals surface area (Å²) in [5.74, 6) is 0.977. The second-order valence-electron chi connectivity index (χ2n) is 9.06. The second-order valence-corrected chi connectivity index (χ2v) is 11.0. The van der Waals surface area contributed by atoms with Crippen molar-refractivity contribution in [3.63, 3.8) is 0 Å². The van der Waals surface area contributed by atoms with Crippen LogP contribution < -0.4 is 14.9 Å². The van der Waals surface area contributed by atoms with Gasteiger partial charge in [0.05, 0.1) is 17.4 Å². The van der Waals surface area contributed by atoms with Gasteiger partial charge in [-0.3, -0.25) is 4.79 Å². The zero-order valence-electron chi connectivity index (χ0n) is 19.9. The van der Waals surface area contributed by atoms with Crippen LogP contribution in [0.15, 0.2) is 47.4 Å². The van der Waals surface area contributed by atoms with E-state index in [1.165, 1.54) is 0 Å². The van der Waals surface area contributed by atoms with Gasteiger partial charge in [-0.2, -0.15) is 4.31 Å². The van der Waals surface area contributed by atoms with Crippen molar-refractivity contribution in [2.75, 3.05) is 26.4 Å². The molecule has 9 heteroatoms. The third-order valence-corrected chi connectivity index (χ3v) is 8.33. The van der Waals surface area contributed by atoms with Gasteiger partial charge >= 0.3 is 5.97 Å². The van der Waals surface area contributed by atoms with Crippen LogP contribution in [-0.4, -0.2) is 52.9 Å². The van der Waals surface area contributed by atoms with Crippen molar-refractivity contribution < 1.29 is 27.4 Å². The second kappa shape index (κ2) is 10.8. The van der Waals surface area contributed by atoms with Crippen molar-refractivity contribution in [3.05, 3.63) is 48.0 Å². The van der Waals surface area contributed by atoms with Gasteiger partial charge in [-0.25, -0.2) is 8.42 Å². The molecule has 182 valence electrons. The number of rotatable bonds is 8. The van der Waals surface area contributed by atoms with Gasteiger partial charge in [0.1, 0.15) is 21.1 Å². The van der Waals surface area contributed by atoms with Crippen LogP contribution >= 0.6 is 0 Å². The Morgan fingerprint density at radius 3 is 2.50 bits per heavy atom. The standard InChI is InChI=1S/C25H32BNO6S/c1-2-31-25(28)20-8-6-18(7-9-20)16-27(17-19-4-3-5-21(26)14-19)34(29,30)22-10-11-23-24(15-22)33-13-12-32-23/h3-5,10-11,14-15,18,20H,2,6-9,12-13,16-17,26H2,1H3. The van der Waals surface area contributed by atoms with E-state index in [0.717, 1.165) is 36.7 Å². The van der Waals surface area contributed by atoms with Gasteiger partial charge < -0.3 is 14.2 Å². The van der Waals surface area contributed by atoms with Crippen LogP contribution in [0.5, 0.6) is 11.5 Å². The van der Waals surface area contributed by atoms with Crippen LogP contribution in [0, 0.1) is 11.8 Å². The van der Waals surface area contributed by atoms with E-state index in [4.69, 9.17) is 14.2 Å². The largest absolute Gasteiger partial charge is 0.486 e. The summed E-state index contributed by atoms with van der Waals surface area (Å²) in [7, 11) is -1.78.